The van der Waals surface area contributed by atoms with Gasteiger partial charge in [0.25, 0.3) is 0 Å². The molecule has 0 unspecified atom stereocenters. The van der Waals surface area contributed by atoms with E-state index in [-0.39, 0.29) is 30.1 Å². The Hall–Kier alpha value is -3.17. The van der Waals surface area contributed by atoms with E-state index >= 15 is 0 Å². The zero-order valence-electron chi connectivity index (χ0n) is 16.5. The molecular formula is C18H26N6O5S. The van der Waals surface area contributed by atoms with Crippen molar-refractivity contribution in [3.63, 3.8) is 0 Å². The van der Waals surface area contributed by atoms with Crippen molar-refractivity contribution in [2.24, 2.45) is 5.73 Å². The van der Waals surface area contributed by atoms with Gasteiger partial charge < -0.3 is 36.8 Å². The molecule has 11 nitrogen and oxygen atoms in total. The smallest absolute Gasteiger partial charge is 0.407 e. The lowest BCUT2D eigenvalue weighted by Crippen LogP contribution is -2.55. The van der Waals surface area contributed by atoms with Gasteiger partial charge in [-0.3, -0.25) is 9.59 Å². The summed E-state index contributed by atoms with van der Waals surface area (Å²) < 4.78 is 5.24. The number of nitriles is 1. The number of nitrogens with two attached hydrogens (primary N) is 1. The molecule has 0 heterocycles. The van der Waals surface area contributed by atoms with E-state index in [1.165, 1.54) is 12.2 Å². The van der Waals surface area contributed by atoms with Crippen LogP contribution in [0.15, 0.2) is 24.3 Å². The summed E-state index contributed by atoms with van der Waals surface area (Å²) in [7, 11) is 0. The van der Waals surface area contributed by atoms with Crippen molar-refractivity contribution in [3.05, 3.63) is 24.3 Å². The molecule has 0 aromatic rings. The highest BCUT2D eigenvalue weighted by atomic mass is 32.1. The number of rotatable bonds is 9. The van der Waals surface area contributed by atoms with Crippen LogP contribution in [0.2, 0.25) is 0 Å². The Labute approximate surface area is 179 Å². The van der Waals surface area contributed by atoms with Gasteiger partial charge in [0, 0.05) is 25.1 Å². The number of primary amides is 1. The average molecular weight is 439 g/mol. The first-order chi connectivity index (χ1) is 14.2. The average Bonchev–Trinajstić information content (AvgIpc) is 2.68. The number of hydrogen-bond donors (Lipinski definition) is 6. The van der Waals surface area contributed by atoms with Crippen LogP contribution >= 0.6 is 12.2 Å². The summed E-state index contributed by atoms with van der Waals surface area (Å²) in [6.07, 6.45) is -0.630. The van der Waals surface area contributed by atoms with Gasteiger partial charge in [0.1, 0.15) is 18.2 Å². The molecule has 1 aliphatic carbocycles. The molecule has 0 aromatic carbocycles. The molecule has 0 radical (unpaired) electrons. The van der Waals surface area contributed by atoms with Gasteiger partial charge in [0.05, 0.1) is 18.5 Å². The number of amides is 3. The molecule has 3 amide bonds. The fourth-order valence-electron chi connectivity index (χ4n) is 2.62. The van der Waals surface area contributed by atoms with Crippen molar-refractivity contribution in [1.82, 2.24) is 21.3 Å². The number of thiocarbonyl (C=S) groups is 1. The second-order valence-electron chi connectivity index (χ2n) is 6.32. The molecule has 0 aliphatic heterocycles. The van der Waals surface area contributed by atoms with Crippen molar-refractivity contribution in [3.8, 4) is 6.07 Å². The maximum atomic E-state index is 12.6. The van der Waals surface area contributed by atoms with Gasteiger partial charge >= 0.3 is 6.09 Å². The van der Waals surface area contributed by atoms with Gasteiger partial charge in [-0.05, 0) is 19.1 Å². The molecule has 30 heavy (non-hydrogen) atoms. The number of nitrogens with one attached hydrogen (secondary N) is 4. The fourth-order valence-corrected chi connectivity index (χ4v) is 2.90. The first kappa shape index (κ1) is 24.9. The standard InChI is InChI=1S/C18H26N6O5S/c1-3-7-22-18(28)29-13-9-10(16(27)23-11(5-6-19)15(20)26)8-12(14(13)25)24-17(30)21-4-2/h3,8,11-14,25H,1,4-5,7,9H2,2H3,(H2,20,26)(H,22,28)(H,23,27)(H2,21,24,30)/t11-,12-,13-,14-/m1/s1. The molecular weight excluding hydrogens is 412 g/mol. The minimum Gasteiger partial charge on any atom is -0.443 e. The molecule has 0 saturated carbocycles. The van der Waals surface area contributed by atoms with Crippen molar-refractivity contribution in [1.29, 1.82) is 5.26 Å². The number of hydrogen-bond acceptors (Lipinski definition) is 7. The van der Waals surface area contributed by atoms with E-state index in [0.717, 1.165) is 0 Å². The topological polar surface area (TPSA) is 179 Å². The highest BCUT2D eigenvalue weighted by Crippen LogP contribution is 2.23. The van der Waals surface area contributed by atoms with Gasteiger partial charge in [0.2, 0.25) is 11.8 Å². The van der Waals surface area contributed by atoms with Gasteiger partial charge in [-0.2, -0.15) is 5.26 Å². The summed E-state index contributed by atoms with van der Waals surface area (Å²) in [5.74, 6) is -1.54. The van der Waals surface area contributed by atoms with Gasteiger partial charge in [0.15, 0.2) is 5.11 Å². The highest BCUT2D eigenvalue weighted by Gasteiger charge is 2.37. The lowest BCUT2D eigenvalue weighted by atomic mass is 9.89. The zero-order chi connectivity index (χ0) is 22.7. The lowest BCUT2D eigenvalue weighted by molar-refractivity contribution is -0.125. The molecule has 7 N–H and O–H groups in total. The van der Waals surface area contributed by atoms with Crippen LogP contribution in [0.1, 0.15) is 19.8 Å². The number of ether oxygens (including phenoxy) is 1. The monoisotopic (exact) mass is 438 g/mol. The third kappa shape index (κ3) is 7.69. The predicted molar refractivity (Wildman–Crippen MR) is 112 cm³/mol. The van der Waals surface area contributed by atoms with Crippen LogP contribution in [0.3, 0.4) is 0 Å². The van der Waals surface area contributed by atoms with Gasteiger partial charge in [-0.15, -0.1) is 6.58 Å². The Balaban J connectivity index is 3.05. The number of carbonyl (C=O) groups excluding carboxylic acids is 3. The Morgan fingerprint density at radius 3 is 2.77 bits per heavy atom. The number of carbonyl (C=O) groups is 3. The second kappa shape index (κ2) is 12.4. The van der Waals surface area contributed by atoms with Gasteiger partial charge in [-0.1, -0.05) is 12.2 Å². The van der Waals surface area contributed by atoms with Crippen LogP contribution in [0.5, 0.6) is 0 Å². The summed E-state index contributed by atoms with van der Waals surface area (Å²) in [4.78, 5) is 36.0. The SMILES string of the molecule is C=CCNC(=O)O[C@@H]1CC(C(=O)N[C@H](CC#N)C(N)=O)=C[C@@H](NC(=S)NCC)[C@H]1O. The first-order valence-corrected chi connectivity index (χ1v) is 9.59. The zero-order valence-corrected chi connectivity index (χ0v) is 17.3. The molecule has 0 aromatic heterocycles. The third-order valence-electron chi connectivity index (χ3n) is 4.07. The molecule has 164 valence electrons. The predicted octanol–water partition coefficient (Wildman–Crippen LogP) is -1.31. The summed E-state index contributed by atoms with van der Waals surface area (Å²) in [5, 5.41) is 30.1. The third-order valence-corrected chi connectivity index (χ3v) is 4.33. The summed E-state index contributed by atoms with van der Waals surface area (Å²) in [6, 6.07) is -0.267. The van der Waals surface area contributed by atoms with E-state index in [1.807, 2.05) is 6.92 Å². The summed E-state index contributed by atoms with van der Waals surface area (Å²) in [5.41, 5.74) is 5.33. The number of alkyl carbamates (subject to hydrolysis) is 1. The van der Waals surface area contributed by atoms with Gasteiger partial charge in [-0.25, -0.2) is 4.79 Å². The van der Waals surface area contributed by atoms with Crippen molar-refractivity contribution in [2.75, 3.05) is 13.1 Å². The molecule has 0 bridgehead atoms. The first-order valence-electron chi connectivity index (χ1n) is 9.19. The van der Waals surface area contributed by atoms with Crippen LogP contribution in [0.4, 0.5) is 4.79 Å². The number of aliphatic hydroxyl groups is 1. The Bertz CT molecular complexity index is 750. The molecule has 4 atom stereocenters. The molecule has 1 rings (SSSR count). The number of aliphatic hydroxyl groups excluding tert-OH is 1. The summed E-state index contributed by atoms with van der Waals surface area (Å²) in [6.45, 7) is 5.99. The maximum Gasteiger partial charge on any atom is 0.407 e. The minimum absolute atomic E-state index is 0.126. The van der Waals surface area contributed by atoms with Crippen molar-refractivity contribution in [2.45, 2.75) is 44.1 Å². The van der Waals surface area contributed by atoms with Crippen LogP contribution in [0, 0.1) is 11.3 Å². The van der Waals surface area contributed by atoms with Crippen molar-refractivity contribution < 1.29 is 24.2 Å². The Kier molecular flexibility index (Phi) is 10.3. The Morgan fingerprint density at radius 1 is 1.50 bits per heavy atom. The molecule has 1 aliphatic rings. The lowest BCUT2D eigenvalue weighted by Gasteiger charge is -2.34. The normalized spacial score (nSPS) is 21.1. The maximum absolute atomic E-state index is 12.6. The van der Waals surface area contributed by atoms with E-state index < -0.39 is 42.2 Å². The molecule has 0 fully saturated rings. The largest absolute Gasteiger partial charge is 0.443 e. The minimum atomic E-state index is -1.21. The molecule has 0 saturated heterocycles. The van der Waals surface area contributed by atoms with E-state index in [4.69, 9.17) is 28.0 Å². The van der Waals surface area contributed by atoms with Crippen LogP contribution < -0.4 is 27.0 Å². The quantitative estimate of drug-likeness (QED) is 0.188. The number of nitrogens with zero attached hydrogens (tertiary/aromatic N) is 1. The van der Waals surface area contributed by atoms with E-state index in [1.54, 1.807) is 6.07 Å². The van der Waals surface area contributed by atoms with E-state index in [0.29, 0.717) is 6.54 Å². The second-order valence-corrected chi connectivity index (χ2v) is 6.73. The van der Waals surface area contributed by atoms with Crippen LogP contribution in [-0.4, -0.2) is 65.5 Å². The molecule has 12 heteroatoms. The van der Waals surface area contributed by atoms with E-state index in [2.05, 4.69) is 27.8 Å². The van der Waals surface area contributed by atoms with Crippen LogP contribution in [0.25, 0.3) is 0 Å². The molecule has 0 spiro atoms. The fraction of sp³-hybridized carbons (Fsp3) is 0.500. The van der Waals surface area contributed by atoms with Crippen LogP contribution in [-0.2, 0) is 14.3 Å². The Morgan fingerprint density at radius 2 is 2.20 bits per heavy atom. The summed E-state index contributed by atoms with van der Waals surface area (Å²) >= 11 is 5.12. The van der Waals surface area contributed by atoms with Crippen molar-refractivity contribution >= 4 is 35.2 Å². The highest BCUT2D eigenvalue weighted by molar-refractivity contribution is 7.80. The van der Waals surface area contributed by atoms with E-state index in [9.17, 15) is 19.5 Å².